The average molecular weight is 270 g/mol. The van der Waals surface area contributed by atoms with Gasteiger partial charge in [0.1, 0.15) is 5.82 Å². The van der Waals surface area contributed by atoms with Crippen molar-refractivity contribution in [2.75, 3.05) is 0 Å². The van der Waals surface area contributed by atoms with E-state index in [0.717, 1.165) is 12.2 Å². The Bertz CT molecular complexity index is 686. The molecule has 2 aromatic rings. The van der Waals surface area contributed by atoms with Crippen LogP contribution < -0.4 is 0 Å². The SMILES string of the molecule is Cc1[nH]c(C2c3ccccc3CC2(C)C)nc1C(=O)O. The highest BCUT2D eigenvalue weighted by Gasteiger charge is 2.41. The number of aromatic amines is 1. The average Bonchev–Trinajstić information content (AvgIpc) is 2.84. The van der Waals surface area contributed by atoms with Crippen molar-refractivity contribution in [3.05, 3.63) is 52.6 Å². The molecule has 0 saturated carbocycles. The van der Waals surface area contributed by atoms with E-state index < -0.39 is 5.97 Å². The van der Waals surface area contributed by atoms with Gasteiger partial charge in [0.25, 0.3) is 0 Å². The fourth-order valence-corrected chi connectivity index (χ4v) is 3.34. The Morgan fingerprint density at radius 1 is 1.40 bits per heavy atom. The Morgan fingerprint density at radius 2 is 2.10 bits per heavy atom. The quantitative estimate of drug-likeness (QED) is 0.881. The Morgan fingerprint density at radius 3 is 2.75 bits per heavy atom. The molecule has 4 nitrogen and oxygen atoms in total. The Balaban J connectivity index is 2.13. The van der Waals surface area contributed by atoms with E-state index in [1.165, 1.54) is 11.1 Å². The van der Waals surface area contributed by atoms with Gasteiger partial charge in [0.05, 0.1) is 0 Å². The van der Waals surface area contributed by atoms with Gasteiger partial charge in [-0.3, -0.25) is 0 Å². The summed E-state index contributed by atoms with van der Waals surface area (Å²) < 4.78 is 0. The minimum atomic E-state index is -0.978. The van der Waals surface area contributed by atoms with Crippen LogP contribution in [0.3, 0.4) is 0 Å². The molecule has 1 aliphatic carbocycles. The summed E-state index contributed by atoms with van der Waals surface area (Å²) in [6.45, 7) is 6.17. The second kappa shape index (κ2) is 4.20. The predicted octanol–water partition coefficient (Wildman–Crippen LogP) is 3.13. The number of fused-ring (bicyclic) bond motifs is 1. The lowest BCUT2D eigenvalue weighted by molar-refractivity contribution is 0.0690. The topological polar surface area (TPSA) is 66.0 Å². The molecule has 1 atom stereocenters. The number of benzene rings is 1. The molecule has 4 heteroatoms. The normalized spacial score (nSPS) is 19.9. The van der Waals surface area contributed by atoms with Gasteiger partial charge in [-0.2, -0.15) is 0 Å². The molecule has 1 aromatic heterocycles. The molecule has 0 radical (unpaired) electrons. The standard InChI is InChI=1S/C16H18N2O2/c1-9-13(15(19)20)18-14(17-9)12-11-7-5-4-6-10(11)8-16(12,2)3/h4-7,12H,8H2,1-3H3,(H,17,18)(H,19,20). The van der Waals surface area contributed by atoms with E-state index in [2.05, 4.69) is 35.9 Å². The highest BCUT2D eigenvalue weighted by atomic mass is 16.4. The number of imidazole rings is 1. The number of hydrogen-bond acceptors (Lipinski definition) is 2. The minimum Gasteiger partial charge on any atom is -0.476 e. The summed E-state index contributed by atoms with van der Waals surface area (Å²) in [5.74, 6) is -0.102. The van der Waals surface area contributed by atoms with E-state index in [-0.39, 0.29) is 17.0 Å². The summed E-state index contributed by atoms with van der Waals surface area (Å²) in [7, 11) is 0. The van der Waals surface area contributed by atoms with Crippen LogP contribution in [0.4, 0.5) is 0 Å². The molecular weight excluding hydrogens is 252 g/mol. The van der Waals surface area contributed by atoms with E-state index >= 15 is 0 Å². The summed E-state index contributed by atoms with van der Waals surface area (Å²) in [6, 6.07) is 8.34. The third-order valence-corrected chi connectivity index (χ3v) is 4.17. The number of carboxylic acid groups (broad SMARTS) is 1. The third-order valence-electron chi connectivity index (χ3n) is 4.17. The predicted molar refractivity (Wildman–Crippen MR) is 76.1 cm³/mol. The van der Waals surface area contributed by atoms with Gasteiger partial charge in [0, 0.05) is 11.6 Å². The first-order valence-corrected chi connectivity index (χ1v) is 6.78. The van der Waals surface area contributed by atoms with Gasteiger partial charge in [-0.1, -0.05) is 38.1 Å². The van der Waals surface area contributed by atoms with Gasteiger partial charge in [0.2, 0.25) is 0 Å². The van der Waals surface area contributed by atoms with Crippen LogP contribution in [-0.2, 0) is 6.42 Å². The van der Waals surface area contributed by atoms with Crippen LogP contribution in [0, 0.1) is 12.3 Å². The third kappa shape index (κ3) is 1.83. The van der Waals surface area contributed by atoms with Crippen LogP contribution in [0.25, 0.3) is 0 Å². The molecule has 1 aliphatic rings. The molecule has 1 aromatic carbocycles. The van der Waals surface area contributed by atoms with Crippen LogP contribution in [0.5, 0.6) is 0 Å². The van der Waals surface area contributed by atoms with Crippen LogP contribution in [-0.4, -0.2) is 21.0 Å². The number of nitrogens with one attached hydrogen (secondary N) is 1. The first kappa shape index (κ1) is 12.9. The van der Waals surface area contributed by atoms with Crippen molar-refractivity contribution in [3.63, 3.8) is 0 Å². The van der Waals surface area contributed by atoms with Crippen LogP contribution >= 0.6 is 0 Å². The number of carboxylic acids is 1. The van der Waals surface area contributed by atoms with Gasteiger partial charge in [-0.15, -0.1) is 0 Å². The van der Waals surface area contributed by atoms with Crippen LogP contribution in [0.1, 0.15) is 52.9 Å². The number of aryl methyl sites for hydroxylation is 1. The van der Waals surface area contributed by atoms with E-state index in [1.54, 1.807) is 6.92 Å². The van der Waals surface area contributed by atoms with Gasteiger partial charge in [-0.25, -0.2) is 9.78 Å². The smallest absolute Gasteiger partial charge is 0.356 e. The van der Waals surface area contributed by atoms with Gasteiger partial charge >= 0.3 is 5.97 Å². The van der Waals surface area contributed by atoms with Gasteiger partial charge in [-0.05, 0) is 29.9 Å². The number of carbonyl (C=O) groups is 1. The Hall–Kier alpha value is -2.10. The number of rotatable bonds is 2. The monoisotopic (exact) mass is 270 g/mol. The molecule has 0 fully saturated rings. The molecular formula is C16H18N2O2. The van der Waals surface area contributed by atoms with Crippen molar-refractivity contribution >= 4 is 5.97 Å². The number of hydrogen-bond donors (Lipinski definition) is 2. The molecule has 1 unspecified atom stereocenters. The van der Waals surface area contributed by atoms with E-state index in [1.807, 2.05) is 12.1 Å². The van der Waals surface area contributed by atoms with Crippen molar-refractivity contribution in [2.45, 2.75) is 33.1 Å². The summed E-state index contributed by atoms with van der Waals surface area (Å²) >= 11 is 0. The summed E-state index contributed by atoms with van der Waals surface area (Å²) in [6.07, 6.45) is 0.982. The number of nitrogens with zero attached hydrogens (tertiary/aromatic N) is 1. The highest BCUT2D eigenvalue weighted by molar-refractivity contribution is 5.86. The first-order valence-electron chi connectivity index (χ1n) is 6.78. The second-order valence-corrected chi connectivity index (χ2v) is 6.20. The lowest BCUT2D eigenvalue weighted by Gasteiger charge is -2.25. The zero-order chi connectivity index (χ0) is 14.5. The van der Waals surface area contributed by atoms with Crippen molar-refractivity contribution in [2.24, 2.45) is 5.41 Å². The van der Waals surface area contributed by atoms with Crippen LogP contribution in [0.2, 0.25) is 0 Å². The molecule has 0 spiro atoms. The molecule has 3 rings (SSSR count). The maximum Gasteiger partial charge on any atom is 0.356 e. The molecule has 1 heterocycles. The van der Waals surface area contributed by atoms with Gasteiger partial charge in [0.15, 0.2) is 5.69 Å². The van der Waals surface area contributed by atoms with Crippen LogP contribution in [0.15, 0.2) is 24.3 Å². The molecule has 104 valence electrons. The lowest BCUT2D eigenvalue weighted by Crippen LogP contribution is -2.20. The first-order chi connectivity index (χ1) is 9.40. The van der Waals surface area contributed by atoms with Crippen molar-refractivity contribution < 1.29 is 9.90 Å². The second-order valence-electron chi connectivity index (χ2n) is 6.20. The summed E-state index contributed by atoms with van der Waals surface area (Å²) in [4.78, 5) is 18.7. The maximum atomic E-state index is 11.2. The fourth-order valence-electron chi connectivity index (χ4n) is 3.34. The zero-order valence-electron chi connectivity index (χ0n) is 11.9. The van der Waals surface area contributed by atoms with Crippen molar-refractivity contribution in [1.82, 2.24) is 9.97 Å². The molecule has 2 N–H and O–H groups in total. The van der Waals surface area contributed by atoms with E-state index in [9.17, 15) is 4.79 Å². The zero-order valence-corrected chi connectivity index (χ0v) is 11.9. The molecule has 0 bridgehead atoms. The van der Waals surface area contributed by atoms with E-state index in [0.29, 0.717) is 5.69 Å². The summed E-state index contributed by atoms with van der Waals surface area (Å²) in [5, 5.41) is 9.16. The molecule has 20 heavy (non-hydrogen) atoms. The van der Waals surface area contributed by atoms with Crippen molar-refractivity contribution in [1.29, 1.82) is 0 Å². The fraction of sp³-hybridized carbons (Fsp3) is 0.375. The highest BCUT2D eigenvalue weighted by Crippen LogP contribution is 2.49. The number of H-pyrrole nitrogens is 1. The number of aromatic carboxylic acids is 1. The molecule has 0 saturated heterocycles. The Labute approximate surface area is 117 Å². The Kier molecular flexibility index (Phi) is 2.71. The lowest BCUT2D eigenvalue weighted by atomic mass is 9.79. The van der Waals surface area contributed by atoms with Gasteiger partial charge < -0.3 is 10.1 Å². The van der Waals surface area contributed by atoms with E-state index in [4.69, 9.17) is 5.11 Å². The number of aromatic nitrogens is 2. The largest absolute Gasteiger partial charge is 0.476 e. The summed E-state index contributed by atoms with van der Waals surface area (Å²) in [5.41, 5.74) is 3.36. The molecule has 0 aliphatic heterocycles. The molecule has 0 amide bonds. The van der Waals surface area contributed by atoms with Crippen molar-refractivity contribution in [3.8, 4) is 0 Å². The maximum absolute atomic E-state index is 11.2. The minimum absolute atomic E-state index is 0.0315.